The zero-order valence-corrected chi connectivity index (χ0v) is 26.8. The molecule has 0 aliphatic carbocycles. The van der Waals surface area contributed by atoms with Gasteiger partial charge in [-0.25, -0.2) is 0 Å². The topological polar surface area (TPSA) is 4.93 Å². The Morgan fingerprint density at radius 2 is 0.776 bits per heavy atom. The fraction of sp³-hybridized carbons (Fsp3) is 0. The van der Waals surface area contributed by atoms with Crippen LogP contribution in [0.1, 0.15) is 0 Å². The minimum atomic E-state index is 1.16. The minimum absolute atomic E-state index is 1.16. The zero-order chi connectivity index (χ0) is 32.3. The minimum Gasteiger partial charge on any atom is -0.316 e. The van der Waals surface area contributed by atoms with Crippen LogP contribution in [0.5, 0.6) is 0 Å². The molecule has 49 heavy (non-hydrogen) atoms. The molecular weight excluding hydrogens is 591 g/mol. The van der Waals surface area contributed by atoms with Crippen LogP contribution in [0.4, 0.5) is 0 Å². The largest absolute Gasteiger partial charge is 0.316 e. The number of aromatic nitrogens is 1. The Kier molecular flexibility index (Phi) is 6.25. The molecule has 10 aromatic rings. The lowest BCUT2D eigenvalue weighted by Gasteiger charge is -2.12. The van der Waals surface area contributed by atoms with Crippen LogP contribution in [0.15, 0.2) is 188 Å². The maximum Gasteiger partial charge on any atom is 0.0535 e. The molecule has 0 amide bonds. The van der Waals surface area contributed by atoms with Crippen molar-refractivity contribution in [2.24, 2.45) is 0 Å². The standard InChI is InChI=1S/C48H31N/c1-2-13-37(14-3-1)49-31-47(39-20-10-12-34-11-4-5-15-38(34)39)46-30-36(26-28-48(46)49)33-23-21-32(22-24-33)35-25-27-44-42-18-7-6-16-40(42)41-17-8-9-19-43(41)45(44)29-35/h1-31H. The van der Waals surface area contributed by atoms with E-state index in [0.29, 0.717) is 0 Å². The summed E-state index contributed by atoms with van der Waals surface area (Å²) >= 11 is 0. The number of rotatable bonds is 4. The zero-order valence-electron chi connectivity index (χ0n) is 26.8. The normalized spacial score (nSPS) is 11.7. The second-order valence-corrected chi connectivity index (χ2v) is 12.9. The van der Waals surface area contributed by atoms with Gasteiger partial charge < -0.3 is 4.57 Å². The van der Waals surface area contributed by atoms with Crippen LogP contribution >= 0.6 is 0 Å². The van der Waals surface area contributed by atoms with E-state index in [9.17, 15) is 0 Å². The smallest absolute Gasteiger partial charge is 0.0535 e. The second-order valence-electron chi connectivity index (χ2n) is 12.9. The number of fused-ring (bicyclic) bond motifs is 8. The Bertz CT molecular complexity index is 2820. The molecule has 0 unspecified atom stereocenters. The maximum absolute atomic E-state index is 2.37. The van der Waals surface area contributed by atoms with Crippen molar-refractivity contribution in [1.29, 1.82) is 0 Å². The number of para-hydroxylation sites is 1. The predicted octanol–water partition coefficient (Wildman–Crippen LogP) is 13.2. The molecule has 1 heterocycles. The summed E-state index contributed by atoms with van der Waals surface area (Å²) in [6, 6.07) is 66.4. The van der Waals surface area contributed by atoms with E-state index in [0.717, 1.165) is 5.69 Å². The summed E-state index contributed by atoms with van der Waals surface area (Å²) < 4.78 is 2.33. The summed E-state index contributed by atoms with van der Waals surface area (Å²) in [6.07, 6.45) is 2.31. The molecule has 0 fully saturated rings. The molecule has 0 aliphatic heterocycles. The van der Waals surface area contributed by atoms with Gasteiger partial charge >= 0.3 is 0 Å². The number of nitrogens with zero attached hydrogens (tertiary/aromatic N) is 1. The Hall–Kier alpha value is -6.44. The van der Waals surface area contributed by atoms with Gasteiger partial charge in [-0.3, -0.25) is 0 Å². The lowest BCUT2D eigenvalue weighted by atomic mass is 9.91. The van der Waals surface area contributed by atoms with Crippen molar-refractivity contribution in [2.45, 2.75) is 0 Å². The van der Waals surface area contributed by atoms with Gasteiger partial charge in [0.1, 0.15) is 0 Å². The highest BCUT2D eigenvalue weighted by Crippen LogP contribution is 2.40. The molecule has 1 heteroatoms. The van der Waals surface area contributed by atoms with Crippen LogP contribution in [0.25, 0.3) is 93.1 Å². The van der Waals surface area contributed by atoms with E-state index >= 15 is 0 Å². The van der Waals surface area contributed by atoms with Crippen LogP contribution in [0.2, 0.25) is 0 Å². The lowest BCUT2D eigenvalue weighted by Crippen LogP contribution is -1.90. The predicted molar refractivity (Wildman–Crippen MR) is 210 cm³/mol. The van der Waals surface area contributed by atoms with Gasteiger partial charge in [0.25, 0.3) is 0 Å². The number of hydrogen-bond acceptors (Lipinski definition) is 0. The van der Waals surface area contributed by atoms with Gasteiger partial charge in [0.15, 0.2) is 0 Å². The molecule has 0 atom stereocenters. The van der Waals surface area contributed by atoms with Crippen LogP contribution < -0.4 is 0 Å². The summed E-state index contributed by atoms with van der Waals surface area (Å²) in [5.74, 6) is 0. The van der Waals surface area contributed by atoms with Crippen molar-refractivity contribution in [1.82, 2.24) is 4.57 Å². The third kappa shape index (κ3) is 4.47. The summed E-state index contributed by atoms with van der Waals surface area (Å²) in [5, 5.41) is 11.6. The number of hydrogen-bond donors (Lipinski definition) is 0. The van der Waals surface area contributed by atoms with Gasteiger partial charge in [0.2, 0.25) is 0 Å². The monoisotopic (exact) mass is 621 g/mol. The first-order valence-corrected chi connectivity index (χ1v) is 16.9. The van der Waals surface area contributed by atoms with Crippen LogP contribution in [-0.2, 0) is 0 Å². The van der Waals surface area contributed by atoms with Crippen LogP contribution in [0.3, 0.4) is 0 Å². The Balaban J connectivity index is 1.09. The third-order valence-corrected chi connectivity index (χ3v) is 10.2. The molecule has 0 saturated heterocycles. The van der Waals surface area contributed by atoms with Crippen LogP contribution in [0, 0.1) is 0 Å². The molecule has 0 bridgehead atoms. The molecule has 228 valence electrons. The summed E-state index contributed by atoms with van der Waals surface area (Å²) in [6.45, 7) is 0. The maximum atomic E-state index is 2.37. The molecule has 1 aromatic heterocycles. The first kappa shape index (κ1) is 27.7. The molecule has 0 N–H and O–H groups in total. The molecule has 0 spiro atoms. The van der Waals surface area contributed by atoms with Crippen molar-refractivity contribution in [2.75, 3.05) is 0 Å². The second kappa shape index (κ2) is 11.1. The van der Waals surface area contributed by atoms with E-state index in [2.05, 4.69) is 193 Å². The summed E-state index contributed by atoms with van der Waals surface area (Å²) in [4.78, 5) is 0. The summed E-state index contributed by atoms with van der Waals surface area (Å²) in [7, 11) is 0. The van der Waals surface area contributed by atoms with E-state index in [1.807, 2.05) is 0 Å². The van der Waals surface area contributed by atoms with E-state index < -0.39 is 0 Å². The van der Waals surface area contributed by atoms with E-state index in [4.69, 9.17) is 0 Å². The SMILES string of the molecule is c1ccc(-n2cc(-c3cccc4ccccc34)c3cc(-c4ccc(-c5ccc6c7ccccc7c7ccccc7c6c5)cc4)ccc32)cc1. The average Bonchev–Trinajstić information content (AvgIpc) is 3.57. The van der Waals surface area contributed by atoms with Crippen molar-refractivity contribution in [3.8, 4) is 39.1 Å². The molecule has 9 aromatic carbocycles. The van der Waals surface area contributed by atoms with Gasteiger partial charge in [-0.1, -0.05) is 152 Å². The summed E-state index contributed by atoms with van der Waals surface area (Å²) in [5.41, 5.74) is 9.72. The first-order chi connectivity index (χ1) is 24.3. The quantitative estimate of drug-likeness (QED) is 0.172. The average molecular weight is 622 g/mol. The molecular formula is C48H31N. The van der Waals surface area contributed by atoms with Gasteiger partial charge in [0.05, 0.1) is 5.52 Å². The molecule has 0 radical (unpaired) electrons. The molecule has 10 rings (SSSR count). The highest BCUT2D eigenvalue weighted by atomic mass is 15.0. The fourth-order valence-corrected chi connectivity index (χ4v) is 7.83. The fourth-order valence-electron chi connectivity index (χ4n) is 7.83. The Morgan fingerprint density at radius 1 is 0.286 bits per heavy atom. The molecule has 0 saturated carbocycles. The third-order valence-electron chi connectivity index (χ3n) is 10.2. The highest BCUT2D eigenvalue weighted by Gasteiger charge is 2.15. The Labute approximate surface area is 284 Å². The van der Waals surface area contributed by atoms with E-state index in [1.54, 1.807) is 0 Å². The van der Waals surface area contributed by atoms with Crippen molar-refractivity contribution in [3.63, 3.8) is 0 Å². The van der Waals surface area contributed by atoms with Gasteiger partial charge in [-0.2, -0.15) is 0 Å². The highest BCUT2D eigenvalue weighted by molar-refractivity contribution is 6.25. The van der Waals surface area contributed by atoms with Crippen molar-refractivity contribution in [3.05, 3.63) is 188 Å². The van der Waals surface area contributed by atoms with Crippen molar-refractivity contribution >= 4 is 54.0 Å². The van der Waals surface area contributed by atoms with Gasteiger partial charge in [0, 0.05) is 22.8 Å². The van der Waals surface area contributed by atoms with Gasteiger partial charge in [-0.15, -0.1) is 0 Å². The number of benzene rings is 9. The molecule has 1 nitrogen and oxygen atoms in total. The molecule has 0 aliphatic rings. The lowest BCUT2D eigenvalue weighted by molar-refractivity contribution is 1.13. The van der Waals surface area contributed by atoms with E-state index in [1.165, 1.54) is 87.4 Å². The van der Waals surface area contributed by atoms with Gasteiger partial charge in [-0.05, 0) is 101 Å². The van der Waals surface area contributed by atoms with E-state index in [-0.39, 0.29) is 0 Å². The Morgan fingerprint density at radius 3 is 1.45 bits per heavy atom. The van der Waals surface area contributed by atoms with Crippen LogP contribution in [-0.4, -0.2) is 4.57 Å². The first-order valence-electron chi connectivity index (χ1n) is 16.9. The van der Waals surface area contributed by atoms with Crippen molar-refractivity contribution < 1.29 is 0 Å².